The van der Waals surface area contributed by atoms with Crippen molar-refractivity contribution in [3.63, 3.8) is 0 Å². The Morgan fingerprint density at radius 3 is 2.53 bits per heavy atom. The van der Waals surface area contributed by atoms with E-state index in [2.05, 4.69) is 43.0 Å². The van der Waals surface area contributed by atoms with Gasteiger partial charge >= 0.3 is 26.2 Å². The third-order valence-corrected chi connectivity index (χ3v) is 2.63. The molecule has 0 aromatic heterocycles. The Bertz CT molecular complexity index is 434. The van der Waals surface area contributed by atoms with Gasteiger partial charge in [0.1, 0.15) is 0 Å². The molecule has 0 amide bonds. The van der Waals surface area contributed by atoms with Crippen molar-refractivity contribution in [2.45, 2.75) is 19.3 Å². The van der Waals surface area contributed by atoms with Crippen LogP contribution in [0.2, 0.25) is 0 Å². The second-order valence-corrected chi connectivity index (χ2v) is 3.63. The second kappa shape index (κ2) is 10.0. The number of allylic oxidation sites excluding steroid dienone is 1. The molecule has 0 heterocycles. The molecule has 2 rings (SSSR count). The third-order valence-electron chi connectivity index (χ3n) is 2.63. The Labute approximate surface area is 135 Å². The summed E-state index contributed by atoms with van der Waals surface area (Å²) in [5.74, 6) is 0. The van der Waals surface area contributed by atoms with Crippen LogP contribution in [0.25, 0.3) is 10.8 Å². The molecule has 0 spiro atoms. The third kappa shape index (κ3) is 5.04. The molecule has 89 valence electrons. The number of aryl methyl sites for hydroxylation is 1. The maximum absolute atomic E-state index is 3.74. The van der Waals surface area contributed by atoms with Crippen molar-refractivity contribution < 1.29 is 51.0 Å². The van der Waals surface area contributed by atoms with Gasteiger partial charge < -0.3 is 24.8 Å². The molecule has 2 aromatic rings. The second-order valence-electron chi connectivity index (χ2n) is 3.63. The Morgan fingerprint density at radius 1 is 1.12 bits per heavy atom. The van der Waals surface area contributed by atoms with Crippen LogP contribution in [0.3, 0.4) is 0 Å². The first-order valence-electron chi connectivity index (χ1n) is 5.16. The molecule has 1 radical (unpaired) electrons. The number of halogens is 2. The first kappa shape index (κ1) is 19.4. The Balaban J connectivity index is 0. The van der Waals surface area contributed by atoms with Crippen molar-refractivity contribution >= 4 is 10.8 Å². The zero-order valence-electron chi connectivity index (χ0n) is 9.63. The van der Waals surface area contributed by atoms with E-state index in [-0.39, 0.29) is 51.0 Å². The molecular formula is C14H15Cl2Zr. The molecule has 0 bridgehead atoms. The van der Waals surface area contributed by atoms with Gasteiger partial charge in [-0.2, -0.15) is 6.07 Å². The van der Waals surface area contributed by atoms with Gasteiger partial charge in [0, 0.05) is 0 Å². The van der Waals surface area contributed by atoms with Gasteiger partial charge in [-0.15, -0.1) is 47.2 Å². The van der Waals surface area contributed by atoms with Gasteiger partial charge in [-0.05, 0) is 6.42 Å². The minimum atomic E-state index is 0. The van der Waals surface area contributed by atoms with Crippen molar-refractivity contribution in [3.05, 3.63) is 54.6 Å². The topological polar surface area (TPSA) is 0 Å². The summed E-state index contributed by atoms with van der Waals surface area (Å²) in [6.07, 6.45) is 5.47. The maximum Gasteiger partial charge on any atom is 3.00 e. The predicted octanol–water partition coefficient (Wildman–Crippen LogP) is -1.93. The van der Waals surface area contributed by atoms with Crippen molar-refractivity contribution in [2.24, 2.45) is 0 Å². The molecule has 0 unspecified atom stereocenters. The standard InChI is InChI=1S/C14H15.2ClH.Zr/c1-2-3-4-7-12-10-11-13-8-5-6-9-14(12)13;;;/h2,5-6,8-11H,1,3-4,7H2;2*1H;/q-1;;;+3/p-2. The zero-order chi connectivity index (χ0) is 9.80. The monoisotopic (exact) mass is 343 g/mol. The summed E-state index contributed by atoms with van der Waals surface area (Å²) in [6.45, 7) is 3.74. The molecule has 3 heteroatoms. The maximum atomic E-state index is 3.74. The first-order valence-corrected chi connectivity index (χ1v) is 5.16. The van der Waals surface area contributed by atoms with E-state index in [1.54, 1.807) is 0 Å². The summed E-state index contributed by atoms with van der Waals surface area (Å²) in [6, 6.07) is 13.0. The smallest absolute Gasteiger partial charge is 1.00 e. The average molecular weight is 345 g/mol. The molecule has 0 saturated carbocycles. The van der Waals surface area contributed by atoms with Crippen molar-refractivity contribution in [2.75, 3.05) is 0 Å². The van der Waals surface area contributed by atoms with Crippen LogP contribution in [-0.2, 0) is 32.6 Å². The number of rotatable bonds is 4. The number of hydrogen-bond donors (Lipinski definition) is 0. The number of benzene rings is 1. The van der Waals surface area contributed by atoms with E-state index < -0.39 is 0 Å². The van der Waals surface area contributed by atoms with Crippen molar-refractivity contribution in [1.29, 1.82) is 0 Å². The van der Waals surface area contributed by atoms with Crippen LogP contribution < -0.4 is 24.8 Å². The minimum Gasteiger partial charge on any atom is -1.00 e. The number of fused-ring (bicyclic) bond motifs is 1. The van der Waals surface area contributed by atoms with Gasteiger partial charge in [0.15, 0.2) is 0 Å². The van der Waals surface area contributed by atoms with Crippen LogP contribution in [0.4, 0.5) is 0 Å². The van der Waals surface area contributed by atoms with E-state index in [1.807, 2.05) is 6.08 Å². The largest absolute Gasteiger partial charge is 3.00 e. The molecule has 0 fully saturated rings. The summed E-state index contributed by atoms with van der Waals surface area (Å²) in [4.78, 5) is 0. The zero-order valence-corrected chi connectivity index (χ0v) is 13.6. The van der Waals surface area contributed by atoms with Crippen LogP contribution in [0.5, 0.6) is 0 Å². The van der Waals surface area contributed by atoms with Gasteiger partial charge in [-0.3, -0.25) is 0 Å². The molecule has 0 aliphatic rings. The Kier molecular flexibility index (Phi) is 11.4. The molecule has 2 aromatic carbocycles. The fraction of sp³-hybridized carbons (Fsp3) is 0.214. The van der Waals surface area contributed by atoms with Gasteiger partial charge in [0.05, 0.1) is 0 Å². The van der Waals surface area contributed by atoms with Gasteiger partial charge in [-0.1, -0.05) is 25.0 Å². The van der Waals surface area contributed by atoms with Crippen molar-refractivity contribution in [3.8, 4) is 0 Å². The van der Waals surface area contributed by atoms with Crippen molar-refractivity contribution in [1.82, 2.24) is 0 Å². The molecule has 0 saturated heterocycles. The average Bonchev–Trinajstić information content (AvgIpc) is 2.63. The quantitative estimate of drug-likeness (QED) is 0.344. The number of unbranched alkanes of at least 4 members (excludes halogenated alkanes) is 1. The molecular weight excluding hydrogens is 330 g/mol. The van der Waals surface area contributed by atoms with Crippen LogP contribution in [0.1, 0.15) is 18.4 Å². The van der Waals surface area contributed by atoms with Crippen LogP contribution in [-0.4, -0.2) is 0 Å². The van der Waals surface area contributed by atoms with Gasteiger partial charge in [0.2, 0.25) is 0 Å². The van der Waals surface area contributed by atoms with Gasteiger partial charge in [0.25, 0.3) is 0 Å². The fourth-order valence-corrected chi connectivity index (χ4v) is 1.87. The summed E-state index contributed by atoms with van der Waals surface area (Å²) in [7, 11) is 0. The van der Waals surface area contributed by atoms with E-state index in [9.17, 15) is 0 Å². The molecule has 0 N–H and O–H groups in total. The van der Waals surface area contributed by atoms with Crippen LogP contribution in [0, 0.1) is 0 Å². The van der Waals surface area contributed by atoms with E-state index >= 15 is 0 Å². The summed E-state index contributed by atoms with van der Waals surface area (Å²) in [5, 5.41) is 2.78. The van der Waals surface area contributed by atoms with E-state index in [0.29, 0.717) is 0 Å². The number of hydrogen-bond acceptors (Lipinski definition) is 0. The SMILES string of the molecule is C=CCCC[c-]1ccc2ccccc21.[Cl-].[Cl-].[Zr+3]. The summed E-state index contributed by atoms with van der Waals surface area (Å²) >= 11 is 0. The fourth-order valence-electron chi connectivity index (χ4n) is 1.87. The van der Waals surface area contributed by atoms with Crippen LogP contribution in [0.15, 0.2) is 49.1 Å². The summed E-state index contributed by atoms with van der Waals surface area (Å²) in [5.41, 5.74) is 1.47. The molecule has 0 atom stereocenters. The predicted molar refractivity (Wildman–Crippen MR) is 62.7 cm³/mol. The molecule has 0 aliphatic carbocycles. The van der Waals surface area contributed by atoms with E-state index in [4.69, 9.17) is 0 Å². The molecule has 0 aliphatic heterocycles. The minimum absolute atomic E-state index is 0. The van der Waals surface area contributed by atoms with E-state index in [0.717, 1.165) is 6.42 Å². The summed E-state index contributed by atoms with van der Waals surface area (Å²) < 4.78 is 0. The normalized spacial score (nSPS) is 8.71. The Morgan fingerprint density at radius 2 is 1.82 bits per heavy atom. The van der Waals surface area contributed by atoms with Gasteiger partial charge in [-0.25, -0.2) is 0 Å². The van der Waals surface area contributed by atoms with Crippen LogP contribution >= 0.6 is 0 Å². The first-order chi connectivity index (χ1) is 6.92. The van der Waals surface area contributed by atoms with E-state index in [1.165, 1.54) is 29.2 Å². The molecule has 0 nitrogen and oxygen atoms in total. The molecule has 17 heavy (non-hydrogen) atoms. The Hall–Kier alpha value is 0.0331.